The first-order valence-corrected chi connectivity index (χ1v) is 2.16. The van der Waals surface area contributed by atoms with Crippen LogP contribution in [0.4, 0.5) is 0 Å². The van der Waals surface area contributed by atoms with E-state index in [1.54, 1.807) is 20.8 Å². The van der Waals surface area contributed by atoms with Gasteiger partial charge in [-0.1, -0.05) is 20.8 Å². The maximum Gasteiger partial charge on any atom is 2.00 e. The molecule has 0 N–H and O–H groups in total. The van der Waals surface area contributed by atoms with Gasteiger partial charge in [0.25, 0.3) is 0 Å². The Labute approximate surface area is 62.0 Å². The fraction of sp³-hybridized carbons (Fsp3) is 0.800. The van der Waals surface area contributed by atoms with E-state index in [0.29, 0.717) is 0 Å². The summed E-state index contributed by atoms with van der Waals surface area (Å²) < 4.78 is 0. The molecule has 0 heterocycles. The molecule has 2 nitrogen and oxygen atoms in total. The van der Waals surface area contributed by atoms with Crippen LogP contribution in [0.15, 0.2) is 0 Å². The van der Waals surface area contributed by atoms with Gasteiger partial charge in [-0.25, -0.2) is 0 Å². The number of carbonyl (C=O) groups excluding carboxylic acids is 1. The molecule has 0 aliphatic heterocycles. The van der Waals surface area contributed by atoms with Crippen LogP contribution in [0.2, 0.25) is 0 Å². The number of hydrogen-bond donors (Lipinski definition) is 0. The molecule has 0 aromatic heterocycles. The maximum atomic E-state index is 9.91. The number of aliphatic carboxylic acids is 1. The molecule has 0 bridgehead atoms. The number of rotatable bonds is 0. The molecular formula is C5H9O2Zn+. The SMILES string of the molecule is CC(C)(C)C(=O)[O-].[Zn+2]. The first-order chi connectivity index (χ1) is 2.94. The summed E-state index contributed by atoms with van der Waals surface area (Å²) in [6.45, 7) is 4.80. The Kier molecular flexibility index (Phi) is 4.37. The van der Waals surface area contributed by atoms with Crippen LogP contribution in [0.5, 0.6) is 0 Å². The fourth-order valence-corrected chi connectivity index (χ4v) is 0. The van der Waals surface area contributed by atoms with E-state index in [-0.39, 0.29) is 19.5 Å². The Balaban J connectivity index is 0. The molecule has 42 valence electrons. The molecule has 0 aromatic carbocycles. The molecule has 0 atom stereocenters. The Hall–Kier alpha value is 0.0934. The molecule has 0 unspecified atom stereocenters. The third-order valence-corrected chi connectivity index (χ3v) is 0.612. The van der Waals surface area contributed by atoms with Crippen LogP contribution in [0.3, 0.4) is 0 Å². The van der Waals surface area contributed by atoms with Crippen molar-refractivity contribution in [3.05, 3.63) is 0 Å². The molecule has 0 aliphatic carbocycles. The smallest absolute Gasteiger partial charge is 0.550 e. The van der Waals surface area contributed by atoms with Gasteiger partial charge in [0.2, 0.25) is 0 Å². The van der Waals surface area contributed by atoms with E-state index in [4.69, 9.17) is 0 Å². The van der Waals surface area contributed by atoms with Gasteiger partial charge in [-0.3, -0.25) is 0 Å². The summed E-state index contributed by atoms with van der Waals surface area (Å²) in [7, 11) is 0. The average Bonchev–Trinajstić information content (AvgIpc) is 1.31. The van der Waals surface area contributed by atoms with Crippen molar-refractivity contribution in [2.24, 2.45) is 5.41 Å². The third kappa shape index (κ3) is 4.26. The second-order valence-electron chi connectivity index (χ2n) is 2.54. The van der Waals surface area contributed by atoms with Crippen LogP contribution in [0, 0.1) is 5.41 Å². The monoisotopic (exact) mass is 165 g/mol. The summed E-state index contributed by atoms with van der Waals surface area (Å²) >= 11 is 0. The average molecular weight is 167 g/mol. The Bertz CT molecular complexity index is 82.9. The van der Waals surface area contributed by atoms with Gasteiger partial charge in [0.1, 0.15) is 0 Å². The fourth-order valence-electron chi connectivity index (χ4n) is 0. The van der Waals surface area contributed by atoms with E-state index < -0.39 is 11.4 Å². The predicted octanol–water partition coefficient (Wildman–Crippen LogP) is -0.220. The van der Waals surface area contributed by atoms with Crippen molar-refractivity contribution >= 4 is 5.97 Å². The molecule has 0 aliphatic rings. The van der Waals surface area contributed by atoms with Gasteiger partial charge in [-0.05, 0) is 0 Å². The molecule has 0 rings (SSSR count). The van der Waals surface area contributed by atoms with E-state index in [1.165, 1.54) is 0 Å². The number of carboxylic acid groups (broad SMARTS) is 1. The second-order valence-corrected chi connectivity index (χ2v) is 2.54. The topological polar surface area (TPSA) is 40.1 Å². The molecule has 3 heteroatoms. The summed E-state index contributed by atoms with van der Waals surface area (Å²) in [4.78, 5) is 9.91. The second kappa shape index (κ2) is 3.19. The molecule has 0 spiro atoms. The minimum absolute atomic E-state index is 0. The summed E-state index contributed by atoms with van der Waals surface area (Å²) in [6, 6.07) is 0. The van der Waals surface area contributed by atoms with Gasteiger partial charge >= 0.3 is 19.5 Å². The Morgan fingerprint density at radius 2 is 1.50 bits per heavy atom. The summed E-state index contributed by atoms with van der Waals surface area (Å²) in [5.74, 6) is -1.01. The molecule has 0 saturated carbocycles. The molecule has 8 heavy (non-hydrogen) atoms. The number of carboxylic acids is 1. The minimum atomic E-state index is -1.01. The summed E-state index contributed by atoms with van der Waals surface area (Å²) in [5, 5.41) is 9.91. The largest absolute Gasteiger partial charge is 2.00 e. The quantitative estimate of drug-likeness (QED) is 0.467. The van der Waals surface area contributed by atoms with E-state index in [2.05, 4.69) is 0 Å². The van der Waals surface area contributed by atoms with Crippen LogP contribution in [0.25, 0.3) is 0 Å². The van der Waals surface area contributed by atoms with Crippen molar-refractivity contribution in [1.29, 1.82) is 0 Å². The summed E-state index contributed by atoms with van der Waals surface area (Å²) in [5.41, 5.74) is -0.694. The van der Waals surface area contributed by atoms with Crippen LogP contribution in [-0.2, 0) is 24.3 Å². The van der Waals surface area contributed by atoms with Gasteiger partial charge in [-0.15, -0.1) is 0 Å². The number of hydrogen-bond acceptors (Lipinski definition) is 2. The standard InChI is InChI=1S/C5H10O2.Zn/c1-5(2,3)4(6)7;/h1-3H3,(H,6,7);/q;+2/p-1. The first kappa shape index (κ1) is 11.0. The van der Waals surface area contributed by atoms with Crippen LogP contribution < -0.4 is 5.11 Å². The van der Waals surface area contributed by atoms with Gasteiger partial charge in [0, 0.05) is 11.4 Å². The van der Waals surface area contributed by atoms with Gasteiger partial charge in [0.05, 0.1) is 0 Å². The molecule has 0 aromatic rings. The van der Waals surface area contributed by atoms with Crippen molar-refractivity contribution in [2.45, 2.75) is 20.8 Å². The van der Waals surface area contributed by atoms with Crippen molar-refractivity contribution in [3.63, 3.8) is 0 Å². The Morgan fingerprint density at radius 3 is 1.50 bits per heavy atom. The van der Waals surface area contributed by atoms with Crippen molar-refractivity contribution in [2.75, 3.05) is 0 Å². The van der Waals surface area contributed by atoms with Crippen molar-refractivity contribution < 1.29 is 29.4 Å². The Morgan fingerprint density at radius 1 is 1.38 bits per heavy atom. The molecule has 0 saturated heterocycles. The molecular weight excluding hydrogens is 157 g/mol. The van der Waals surface area contributed by atoms with Crippen molar-refractivity contribution in [3.8, 4) is 0 Å². The van der Waals surface area contributed by atoms with Gasteiger partial charge < -0.3 is 9.90 Å². The first-order valence-electron chi connectivity index (χ1n) is 2.16. The van der Waals surface area contributed by atoms with E-state index in [1.807, 2.05) is 0 Å². The van der Waals surface area contributed by atoms with Crippen molar-refractivity contribution in [1.82, 2.24) is 0 Å². The zero-order valence-corrected chi connectivity index (χ0v) is 8.49. The third-order valence-electron chi connectivity index (χ3n) is 0.612. The predicted molar refractivity (Wildman–Crippen MR) is 24.5 cm³/mol. The van der Waals surface area contributed by atoms with Crippen LogP contribution >= 0.6 is 0 Å². The van der Waals surface area contributed by atoms with Gasteiger partial charge in [0.15, 0.2) is 0 Å². The minimum Gasteiger partial charge on any atom is -0.550 e. The molecule has 0 fully saturated rings. The van der Waals surface area contributed by atoms with E-state index in [0.717, 1.165) is 0 Å². The van der Waals surface area contributed by atoms with E-state index >= 15 is 0 Å². The van der Waals surface area contributed by atoms with E-state index in [9.17, 15) is 9.90 Å². The summed E-state index contributed by atoms with van der Waals surface area (Å²) in [6.07, 6.45) is 0. The zero-order valence-electron chi connectivity index (χ0n) is 5.52. The molecule has 0 amide bonds. The zero-order chi connectivity index (χ0) is 6.08. The number of carbonyl (C=O) groups is 1. The normalized spacial score (nSPS) is 9.88. The maximum absolute atomic E-state index is 9.91. The van der Waals surface area contributed by atoms with Crippen LogP contribution in [0.1, 0.15) is 20.8 Å². The van der Waals surface area contributed by atoms with Gasteiger partial charge in [-0.2, -0.15) is 0 Å². The molecule has 0 radical (unpaired) electrons. The van der Waals surface area contributed by atoms with Crippen LogP contribution in [-0.4, -0.2) is 5.97 Å².